The number of amides is 3. The van der Waals surface area contributed by atoms with Crippen LogP contribution in [0.1, 0.15) is 31.9 Å². The highest BCUT2D eigenvalue weighted by atomic mass is 16.5. The summed E-state index contributed by atoms with van der Waals surface area (Å²) in [5.74, 6) is -1.43. The Morgan fingerprint density at radius 1 is 1.00 bits per heavy atom. The van der Waals surface area contributed by atoms with E-state index in [-0.39, 0.29) is 0 Å². The van der Waals surface area contributed by atoms with Crippen LogP contribution in [-0.2, 0) is 20.9 Å². The summed E-state index contributed by atoms with van der Waals surface area (Å²) < 4.78 is 6.77. The Kier molecular flexibility index (Phi) is 7.97. The summed E-state index contributed by atoms with van der Waals surface area (Å²) >= 11 is 0. The average molecular weight is 461 g/mol. The van der Waals surface area contributed by atoms with Gasteiger partial charge in [0.2, 0.25) is 0 Å². The number of hydrogen-bond donors (Lipinski definition) is 2. The summed E-state index contributed by atoms with van der Waals surface area (Å²) in [5, 5.41) is 9.40. The summed E-state index contributed by atoms with van der Waals surface area (Å²) in [6.07, 6.45) is 4.69. The summed E-state index contributed by atoms with van der Waals surface area (Å²) in [5.41, 5.74) is 2.96. The van der Waals surface area contributed by atoms with Crippen LogP contribution in [0.25, 0.3) is 17.3 Å². The number of benzene rings is 2. The van der Waals surface area contributed by atoms with Gasteiger partial charge in [-0.2, -0.15) is 5.10 Å². The highest BCUT2D eigenvalue weighted by molar-refractivity contribution is 5.96. The van der Waals surface area contributed by atoms with Crippen molar-refractivity contribution in [2.24, 2.45) is 0 Å². The molecule has 3 rings (SSSR count). The number of rotatable bonds is 7. The van der Waals surface area contributed by atoms with Gasteiger partial charge < -0.3 is 10.1 Å². The highest BCUT2D eigenvalue weighted by Gasteiger charge is 2.16. The lowest BCUT2D eigenvalue weighted by Crippen LogP contribution is -2.49. The second-order valence-electron chi connectivity index (χ2n) is 8.68. The van der Waals surface area contributed by atoms with Gasteiger partial charge in [-0.15, -0.1) is 0 Å². The van der Waals surface area contributed by atoms with Crippen LogP contribution in [0.5, 0.6) is 0 Å². The van der Waals surface area contributed by atoms with E-state index < -0.39 is 30.1 Å². The molecule has 0 unspecified atom stereocenters. The summed E-state index contributed by atoms with van der Waals surface area (Å²) in [4.78, 5) is 35.7. The number of nitrogens with one attached hydrogen (secondary N) is 2. The van der Waals surface area contributed by atoms with E-state index >= 15 is 0 Å². The summed E-state index contributed by atoms with van der Waals surface area (Å²) in [6.45, 7) is 5.37. The fraction of sp³-hybridized carbons (Fsp3) is 0.231. The third kappa shape index (κ3) is 7.74. The van der Waals surface area contributed by atoms with Gasteiger partial charge in [0.25, 0.3) is 5.91 Å². The first-order valence-corrected chi connectivity index (χ1v) is 10.8. The molecule has 0 atom stereocenters. The van der Waals surface area contributed by atoms with Gasteiger partial charge in [-0.25, -0.2) is 9.59 Å². The Hall–Kier alpha value is -4.20. The quantitative estimate of drug-likeness (QED) is 0.413. The van der Waals surface area contributed by atoms with E-state index in [1.54, 1.807) is 26.8 Å². The molecule has 1 aromatic heterocycles. The van der Waals surface area contributed by atoms with Crippen LogP contribution in [0.4, 0.5) is 4.79 Å². The van der Waals surface area contributed by atoms with Gasteiger partial charge in [-0.3, -0.25) is 14.8 Å². The number of nitrogens with zero attached hydrogens (tertiary/aromatic N) is 2. The standard InChI is InChI=1S/C26H28N4O4/c1-26(2,3)28-25(33)27-22(31)18-34-23(32)15-14-21-17-30(16-19-10-6-4-7-11-19)29-24(21)20-12-8-5-9-13-20/h4-15,17H,16,18H2,1-3H3,(H2,27,28,31,33)/b15-14+. The Morgan fingerprint density at radius 3 is 2.29 bits per heavy atom. The van der Waals surface area contributed by atoms with Crippen molar-refractivity contribution in [3.05, 3.63) is 84.1 Å². The van der Waals surface area contributed by atoms with Crippen molar-refractivity contribution in [3.8, 4) is 11.3 Å². The molecule has 3 aromatic rings. The minimum Gasteiger partial charge on any atom is -0.452 e. The number of carbonyl (C=O) groups excluding carboxylic acids is 3. The maximum Gasteiger partial charge on any atom is 0.331 e. The molecule has 0 spiro atoms. The smallest absolute Gasteiger partial charge is 0.331 e. The largest absolute Gasteiger partial charge is 0.452 e. The van der Waals surface area contributed by atoms with Crippen LogP contribution in [-0.4, -0.2) is 39.8 Å². The Bertz CT molecular complexity index is 1160. The van der Waals surface area contributed by atoms with E-state index in [9.17, 15) is 14.4 Å². The number of carbonyl (C=O) groups is 3. The molecule has 2 N–H and O–H groups in total. The molecule has 3 amide bonds. The van der Waals surface area contributed by atoms with Crippen molar-refractivity contribution in [1.82, 2.24) is 20.4 Å². The van der Waals surface area contributed by atoms with Gasteiger partial charge in [-0.05, 0) is 32.4 Å². The first kappa shape index (κ1) is 24.4. The molecule has 8 nitrogen and oxygen atoms in total. The Labute approximate surface area is 198 Å². The maximum absolute atomic E-state index is 12.2. The predicted octanol–water partition coefficient (Wildman–Crippen LogP) is 3.78. The van der Waals surface area contributed by atoms with Crippen molar-refractivity contribution < 1.29 is 19.1 Å². The number of imide groups is 1. The number of ether oxygens (including phenoxy) is 1. The number of hydrogen-bond acceptors (Lipinski definition) is 5. The molecular weight excluding hydrogens is 432 g/mol. The molecule has 0 fully saturated rings. The molecule has 34 heavy (non-hydrogen) atoms. The van der Waals surface area contributed by atoms with E-state index in [4.69, 9.17) is 9.84 Å². The molecule has 0 aliphatic carbocycles. The summed E-state index contributed by atoms with van der Waals surface area (Å²) in [6, 6.07) is 18.9. The Morgan fingerprint density at radius 2 is 1.65 bits per heavy atom. The van der Waals surface area contributed by atoms with Gasteiger partial charge in [-0.1, -0.05) is 60.7 Å². The molecule has 0 aliphatic heterocycles. The average Bonchev–Trinajstić information content (AvgIpc) is 3.18. The summed E-state index contributed by atoms with van der Waals surface area (Å²) in [7, 11) is 0. The topological polar surface area (TPSA) is 102 Å². The van der Waals surface area contributed by atoms with E-state index in [1.807, 2.05) is 71.5 Å². The normalized spacial score (nSPS) is 11.3. The minimum atomic E-state index is -0.718. The molecule has 8 heteroatoms. The molecule has 0 radical (unpaired) electrons. The third-order valence-electron chi connectivity index (χ3n) is 4.51. The van der Waals surface area contributed by atoms with Crippen LogP contribution in [0.15, 0.2) is 72.9 Å². The van der Waals surface area contributed by atoms with Crippen LogP contribution in [0, 0.1) is 0 Å². The molecule has 2 aromatic carbocycles. The van der Waals surface area contributed by atoms with Gasteiger partial charge in [0.15, 0.2) is 6.61 Å². The van der Waals surface area contributed by atoms with E-state index in [0.29, 0.717) is 6.54 Å². The second kappa shape index (κ2) is 11.1. The zero-order valence-corrected chi connectivity index (χ0v) is 19.4. The van der Waals surface area contributed by atoms with Crippen LogP contribution >= 0.6 is 0 Å². The fourth-order valence-electron chi connectivity index (χ4n) is 3.11. The highest BCUT2D eigenvalue weighted by Crippen LogP contribution is 2.23. The lowest BCUT2D eigenvalue weighted by molar-refractivity contribution is -0.143. The van der Waals surface area contributed by atoms with Crippen LogP contribution in [0.2, 0.25) is 0 Å². The van der Waals surface area contributed by atoms with Crippen molar-refractivity contribution in [1.29, 1.82) is 0 Å². The van der Waals surface area contributed by atoms with Crippen LogP contribution < -0.4 is 10.6 Å². The van der Waals surface area contributed by atoms with Crippen molar-refractivity contribution >= 4 is 24.0 Å². The zero-order chi connectivity index (χ0) is 24.6. The van der Waals surface area contributed by atoms with Crippen LogP contribution in [0.3, 0.4) is 0 Å². The lowest BCUT2D eigenvalue weighted by Gasteiger charge is -2.20. The van der Waals surface area contributed by atoms with E-state index in [2.05, 4.69) is 10.6 Å². The van der Waals surface area contributed by atoms with Crippen molar-refractivity contribution in [2.75, 3.05) is 6.61 Å². The van der Waals surface area contributed by atoms with E-state index in [1.165, 1.54) is 6.08 Å². The molecule has 1 heterocycles. The number of aromatic nitrogens is 2. The van der Waals surface area contributed by atoms with Gasteiger partial charge in [0.1, 0.15) is 0 Å². The lowest BCUT2D eigenvalue weighted by atomic mass is 10.1. The first-order valence-electron chi connectivity index (χ1n) is 10.8. The molecule has 0 saturated heterocycles. The molecule has 0 bridgehead atoms. The number of urea groups is 1. The van der Waals surface area contributed by atoms with Crippen molar-refractivity contribution in [2.45, 2.75) is 32.9 Å². The monoisotopic (exact) mass is 460 g/mol. The van der Waals surface area contributed by atoms with E-state index in [0.717, 1.165) is 22.4 Å². The SMILES string of the molecule is CC(C)(C)NC(=O)NC(=O)COC(=O)/C=C/c1cn(Cc2ccccc2)nc1-c1ccccc1. The van der Waals surface area contributed by atoms with Gasteiger partial charge in [0, 0.05) is 28.9 Å². The van der Waals surface area contributed by atoms with Crippen molar-refractivity contribution in [3.63, 3.8) is 0 Å². The molecule has 0 aliphatic rings. The maximum atomic E-state index is 12.2. The molecule has 0 saturated carbocycles. The third-order valence-corrected chi connectivity index (χ3v) is 4.51. The predicted molar refractivity (Wildman–Crippen MR) is 130 cm³/mol. The van der Waals surface area contributed by atoms with Gasteiger partial charge in [0.05, 0.1) is 12.2 Å². The second-order valence-corrected chi connectivity index (χ2v) is 8.68. The fourth-order valence-corrected chi connectivity index (χ4v) is 3.11. The number of esters is 1. The first-order chi connectivity index (χ1) is 16.2. The Balaban J connectivity index is 1.66. The van der Waals surface area contributed by atoms with Gasteiger partial charge >= 0.3 is 12.0 Å². The minimum absolute atomic E-state index is 0.495. The zero-order valence-electron chi connectivity index (χ0n) is 19.4. The molecule has 176 valence electrons. The molecular formula is C26H28N4O4.